The van der Waals surface area contributed by atoms with Gasteiger partial charge in [0.25, 0.3) is 5.91 Å². The Kier molecular flexibility index (Phi) is 4.33. The zero-order valence-corrected chi connectivity index (χ0v) is 13.8. The quantitative estimate of drug-likeness (QED) is 0.685. The van der Waals surface area contributed by atoms with E-state index in [-0.39, 0.29) is 24.9 Å². The van der Waals surface area contributed by atoms with Crippen LogP contribution in [0.4, 0.5) is 16.3 Å². The molecule has 0 fully saturated rings. The van der Waals surface area contributed by atoms with Crippen molar-refractivity contribution in [2.45, 2.75) is 20.4 Å². The molecule has 0 aliphatic heterocycles. The van der Waals surface area contributed by atoms with Gasteiger partial charge in [0.15, 0.2) is 5.82 Å². The molecule has 0 aliphatic rings. The number of ether oxygens (including phenoxy) is 1. The fraction of sp³-hybridized carbons (Fsp3) is 0.267. The van der Waals surface area contributed by atoms with Crippen LogP contribution < -0.4 is 11.1 Å². The molecule has 10 nitrogen and oxygen atoms in total. The lowest BCUT2D eigenvalue weighted by atomic mass is 10.3. The molecule has 3 rings (SSSR count). The molecule has 0 saturated carbocycles. The van der Waals surface area contributed by atoms with Crippen molar-refractivity contribution >= 4 is 34.5 Å². The maximum absolute atomic E-state index is 12.6. The lowest BCUT2D eigenvalue weighted by Crippen LogP contribution is -2.21. The number of aromatic nitrogens is 5. The Labute approximate surface area is 142 Å². The Balaban J connectivity index is 1.79. The van der Waals surface area contributed by atoms with Gasteiger partial charge < -0.3 is 10.5 Å². The number of hydrogen-bond donors (Lipinski definition) is 2. The van der Waals surface area contributed by atoms with Gasteiger partial charge in [-0.15, -0.1) is 5.10 Å². The van der Waals surface area contributed by atoms with E-state index in [1.54, 1.807) is 32.0 Å². The van der Waals surface area contributed by atoms with E-state index in [0.717, 1.165) is 0 Å². The first-order chi connectivity index (χ1) is 12.0. The Hall–Kier alpha value is -3.43. The second-order valence-electron chi connectivity index (χ2n) is 5.24. The zero-order valence-electron chi connectivity index (χ0n) is 13.8. The minimum atomic E-state index is -0.632. The molecule has 3 aromatic rings. The highest BCUT2D eigenvalue weighted by Gasteiger charge is 2.16. The summed E-state index contributed by atoms with van der Waals surface area (Å²) in [6.45, 7) is 3.55. The van der Waals surface area contributed by atoms with Crippen LogP contribution in [0.5, 0.6) is 0 Å². The summed E-state index contributed by atoms with van der Waals surface area (Å²) in [6.07, 6.45) is 0.703. The van der Waals surface area contributed by atoms with Gasteiger partial charge in [-0.1, -0.05) is 0 Å². The van der Waals surface area contributed by atoms with Crippen molar-refractivity contribution in [2.24, 2.45) is 0 Å². The molecule has 130 valence electrons. The number of aryl methyl sites for hydroxylation is 1. The topological polar surface area (TPSA) is 130 Å². The van der Waals surface area contributed by atoms with Crippen LogP contribution in [0.15, 0.2) is 24.4 Å². The summed E-state index contributed by atoms with van der Waals surface area (Å²) in [7, 11) is 0. The first-order valence-corrected chi connectivity index (χ1v) is 7.59. The number of rotatable bonds is 4. The molecule has 2 heterocycles. The number of hydrogen-bond acceptors (Lipinski definition) is 7. The summed E-state index contributed by atoms with van der Waals surface area (Å²) >= 11 is 0. The average Bonchev–Trinajstić information content (AvgIpc) is 3.10. The summed E-state index contributed by atoms with van der Waals surface area (Å²) in [4.78, 5) is 29.5. The molecule has 0 aliphatic carbocycles. The van der Waals surface area contributed by atoms with Crippen LogP contribution in [0, 0.1) is 6.92 Å². The molecule has 25 heavy (non-hydrogen) atoms. The Bertz CT molecular complexity index is 944. The normalized spacial score (nSPS) is 10.8. The molecular weight excluding hydrogens is 326 g/mol. The number of imidazole rings is 1. The minimum Gasteiger partial charge on any atom is -0.450 e. The predicted octanol–water partition coefficient (Wildman–Crippen LogP) is 1.43. The predicted molar refractivity (Wildman–Crippen MR) is 90.2 cm³/mol. The van der Waals surface area contributed by atoms with E-state index < -0.39 is 6.09 Å². The molecule has 0 atom stereocenters. The van der Waals surface area contributed by atoms with E-state index in [4.69, 9.17) is 10.5 Å². The number of benzene rings is 1. The van der Waals surface area contributed by atoms with E-state index in [2.05, 4.69) is 20.5 Å². The van der Waals surface area contributed by atoms with E-state index in [0.29, 0.717) is 22.5 Å². The zero-order chi connectivity index (χ0) is 18.0. The lowest BCUT2D eigenvalue weighted by molar-refractivity contribution is 0.0883. The third-order valence-corrected chi connectivity index (χ3v) is 3.41. The summed E-state index contributed by atoms with van der Waals surface area (Å²) in [5.41, 5.74) is 7.64. The Morgan fingerprint density at radius 2 is 2.16 bits per heavy atom. The summed E-state index contributed by atoms with van der Waals surface area (Å²) in [6, 6.07) is 5.18. The molecule has 10 heteroatoms. The highest BCUT2D eigenvalue weighted by Crippen LogP contribution is 2.19. The van der Waals surface area contributed by atoms with Crippen LogP contribution in [-0.4, -0.2) is 43.2 Å². The van der Waals surface area contributed by atoms with Gasteiger partial charge in [0.1, 0.15) is 12.4 Å². The Morgan fingerprint density at radius 1 is 1.36 bits per heavy atom. The van der Waals surface area contributed by atoms with E-state index in [1.807, 2.05) is 0 Å². The van der Waals surface area contributed by atoms with Crippen molar-refractivity contribution in [3.05, 3.63) is 30.2 Å². The maximum Gasteiger partial charge on any atom is 0.412 e. The molecule has 0 saturated heterocycles. The summed E-state index contributed by atoms with van der Waals surface area (Å²) in [5.74, 6) is 0.467. The van der Waals surface area contributed by atoms with Gasteiger partial charge in [0.05, 0.1) is 23.8 Å². The van der Waals surface area contributed by atoms with Crippen LogP contribution in [-0.2, 0) is 11.3 Å². The number of nitrogens with two attached hydrogens (primary N) is 1. The van der Waals surface area contributed by atoms with Gasteiger partial charge in [0.2, 0.25) is 0 Å². The Morgan fingerprint density at radius 3 is 2.92 bits per heavy atom. The number of amides is 1. The number of anilines is 2. The molecule has 0 bridgehead atoms. The fourth-order valence-corrected chi connectivity index (χ4v) is 2.42. The minimum absolute atomic E-state index is 0.119. The third kappa shape index (κ3) is 3.42. The fourth-order valence-electron chi connectivity index (χ4n) is 2.42. The van der Waals surface area contributed by atoms with Gasteiger partial charge in [-0.25, -0.2) is 9.78 Å². The van der Waals surface area contributed by atoms with E-state index >= 15 is 0 Å². The van der Waals surface area contributed by atoms with Crippen molar-refractivity contribution in [3.8, 4) is 0 Å². The summed E-state index contributed by atoms with van der Waals surface area (Å²) < 4.78 is 6.22. The second-order valence-corrected chi connectivity index (χ2v) is 5.24. The lowest BCUT2D eigenvalue weighted by Gasteiger charge is -2.05. The molecule has 0 radical (unpaired) electrons. The third-order valence-electron chi connectivity index (χ3n) is 3.41. The number of carbonyl (C=O) groups excluding carboxylic acids is 2. The van der Waals surface area contributed by atoms with Crippen molar-refractivity contribution in [3.63, 3.8) is 0 Å². The molecule has 0 unspecified atom stereocenters. The first-order valence-electron chi connectivity index (χ1n) is 7.59. The maximum atomic E-state index is 12.6. The number of nitrogens with zero attached hydrogens (tertiary/aromatic N) is 5. The van der Waals surface area contributed by atoms with E-state index in [1.165, 1.54) is 15.6 Å². The van der Waals surface area contributed by atoms with Crippen molar-refractivity contribution < 1.29 is 14.3 Å². The molecule has 3 N–H and O–H groups in total. The first kappa shape index (κ1) is 16.4. The average molecular weight is 343 g/mol. The van der Waals surface area contributed by atoms with Crippen LogP contribution in [0.25, 0.3) is 11.0 Å². The largest absolute Gasteiger partial charge is 0.450 e. The number of nitrogens with one attached hydrogen (secondary N) is 1. The highest BCUT2D eigenvalue weighted by molar-refractivity contribution is 5.92. The van der Waals surface area contributed by atoms with Crippen LogP contribution >= 0.6 is 0 Å². The van der Waals surface area contributed by atoms with Gasteiger partial charge in [-0.05, 0) is 32.0 Å². The highest BCUT2D eigenvalue weighted by atomic mass is 16.5. The van der Waals surface area contributed by atoms with Gasteiger partial charge in [-0.2, -0.15) is 9.90 Å². The molecule has 2 aromatic heterocycles. The number of fused-ring (bicyclic) bond motifs is 1. The summed E-state index contributed by atoms with van der Waals surface area (Å²) in [5, 5.41) is 10.4. The molecule has 1 amide bonds. The number of carbonyl (C=O) groups is 2. The molecule has 0 spiro atoms. The molecule has 1 aromatic carbocycles. The van der Waals surface area contributed by atoms with Crippen molar-refractivity contribution in [2.75, 3.05) is 17.7 Å². The van der Waals surface area contributed by atoms with Gasteiger partial charge in [0, 0.05) is 5.69 Å². The SMILES string of the molecule is CCOC(=O)Nc1cnn(CC(=O)n2c(C)nc3ccc(N)cc32)n1. The monoisotopic (exact) mass is 343 g/mol. The van der Waals surface area contributed by atoms with Gasteiger partial charge >= 0.3 is 6.09 Å². The smallest absolute Gasteiger partial charge is 0.412 e. The van der Waals surface area contributed by atoms with Crippen LogP contribution in [0.3, 0.4) is 0 Å². The number of nitrogen functional groups attached to an aromatic ring is 1. The van der Waals surface area contributed by atoms with E-state index in [9.17, 15) is 9.59 Å². The van der Waals surface area contributed by atoms with Crippen molar-refractivity contribution in [1.82, 2.24) is 24.5 Å². The van der Waals surface area contributed by atoms with Gasteiger partial charge in [-0.3, -0.25) is 14.7 Å². The van der Waals surface area contributed by atoms with Crippen molar-refractivity contribution in [1.29, 1.82) is 0 Å². The standard InChI is InChI=1S/C15H17N7O3/c1-3-25-15(24)19-13-7-17-21(20-13)8-14(23)22-9(2)18-11-5-4-10(16)6-12(11)22/h4-7H,3,8,16H2,1-2H3,(H,19,20,24). The molecular formula is C15H17N7O3. The van der Waals surface area contributed by atoms with Crippen LogP contribution in [0.2, 0.25) is 0 Å². The second kappa shape index (κ2) is 6.59. The van der Waals surface area contributed by atoms with Crippen LogP contribution in [0.1, 0.15) is 17.5 Å².